The average molecular weight is 679 g/mol. The first-order valence-electron chi connectivity index (χ1n) is 17.7. The Kier molecular flexibility index (Phi) is 6.37. The molecule has 10 aromatic rings. The summed E-state index contributed by atoms with van der Waals surface area (Å²) < 4.78 is 2.56. The summed E-state index contributed by atoms with van der Waals surface area (Å²) in [4.78, 5) is 9.78. The largest absolute Gasteiger partial charge is 0.256 e. The summed E-state index contributed by atoms with van der Waals surface area (Å²) in [5.74, 6) is 0. The van der Waals surface area contributed by atoms with E-state index in [-0.39, 0.29) is 0 Å². The van der Waals surface area contributed by atoms with Gasteiger partial charge < -0.3 is 0 Å². The molecule has 0 N–H and O–H groups in total. The summed E-state index contributed by atoms with van der Waals surface area (Å²) in [5, 5.41) is 6.16. The fourth-order valence-electron chi connectivity index (χ4n) is 8.96. The molecular formula is C49H30N2S. The van der Waals surface area contributed by atoms with Gasteiger partial charge in [0.15, 0.2) is 0 Å². The van der Waals surface area contributed by atoms with Crippen molar-refractivity contribution >= 4 is 53.2 Å². The normalized spacial score (nSPS) is 13.2. The second-order valence-electron chi connectivity index (χ2n) is 13.6. The van der Waals surface area contributed by atoms with Crippen molar-refractivity contribution in [2.75, 3.05) is 0 Å². The first-order valence-corrected chi connectivity index (χ1v) is 18.6. The SMILES string of the molecule is c1ccc(C2(c3ccccc3)c3cc(-c4cccc5c4sc4c(-c6ccccn6)cccc45)ccc3-c3c2c2cccnc2c2ccccc32)cc1. The zero-order valence-corrected chi connectivity index (χ0v) is 28.9. The lowest BCUT2D eigenvalue weighted by molar-refractivity contribution is 0.776. The van der Waals surface area contributed by atoms with Gasteiger partial charge in [-0.1, -0.05) is 146 Å². The van der Waals surface area contributed by atoms with Gasteiger partial charge in [-0.15, -0.1) is 11.3 Å². The molecule has 0 radical (unpaired) electrons. The maximum absolute atomic E-state index is 5.05. The van der Waals surface area contributed by atoms with E-state index in [2.05, 4.69) is 164 Å². The topological polar surface area (TPSA) is 25.8 Å². The molecule has 52 heavy (non-hydrogen) atoms. The van der Waals surface area contributed by atoms with Crippen molar-refractivity contribution in [1.29, 1.82) is 0 Å². The zero-order chi connectivity index (χ0) is 34.2. The smallest absolute Gasteiger partial charge is 0.0784 e. The van der Waals surface area contributed by atoms with Crippen LogP contribution in [0.25, 0.3) is 75.4 Å². The molecule has 242 valence electrons. The highest BCUT2D eigenvalue weighted by atomic mass is 32.1. The Bertz CT molecular complexity index is 2960. The minimum absolute atomic E-state index is 0.575. The maximum Gasteiger partial charge on any atom is 0.0784 e. The van der Waals surface area contributed by atoms with Crippen LogP contribution in [0.3, 0.4) is 0 Å². The Morgan fingerprint density at radius 1 is 0.423 bits per heavy atom. The molecule has 0 spiro atoms. The summed E-state index contributed by atoms with van der Waals surface area (Å²) in [5.41, 5.74) is 12.8. The van der Waals surface area contributed by atoms with Crippen LogP contribution >= 0.6 is 11.3 Å². The van der Waals surface area contributed by atoms with E-state index in [0.717, 1.165) is 11.2 Å². The first-order chi connectivity index (χ1) is 25.8. The van der Waals surface area contributed by atoms with Crippen LogP contribution in [0, 0.1) is 0 Å². The molecule has 0 fully saturated rings. The van der Waals surface area contributed by atoms with Crippen molar-refractivity contribution in [1.82, 2.24) is 9.97 Å². The number of hydrogen-bond acceptors (Lipinski definition) is 3. The van der Waals surface area contributed by atoms with Crippen LogP contribution in [0.5, 0.6) is 0 Å². The summed E-state index contributed by atoms with van der Waals surface area (Å²) in [6, 6.07) is 62.1. The third kappa shape index (κ3) is 4.00. The van der Waals surface area contributed by atoms with E-state index in [1.54, 1.807) is 0 Å². The molecule has 0 saturated heterocycles. The second-order valence-corrected chi connectivity index (χ2v) is 14.6. The first kappa shape index (κ1) is 29.3. The number of aromatic nitrogens is 2. The predicted octanol–water partition coefficient (Wildman–Crippen LogP) is 12.8. The van der Waals surface area contributed by atoms with Gasteiger partial charge in [-0.25, -0.2) is 0 Å². The van der Waals surface area contributed by atoms with Crippen molar-refractivity contribution in [3.8, 4) is 33.5 Å². The van der Waals surface area contributed by atoms with Gasteiger partial charge in [-0.3, -0.25) is 9.97 Å². The van der Waals surface area contributed by atoms with Crippen molar-refractivity contribution in [2.45, 2.75) is 5.41 Å². The number of nitrogens with zero attached hydrogens (tertiary/aromatic N) is 2. The van der Waals surface area contributed by atoms with Gasteiger partial charge >= 0.3 is 0 Å². The standard InChI is InChI=1S/C49H30N2S/c1-3-14-32(15-4-1)49(33-16-5-2-6-17-33)42-30-31(26-27-39(42)44-35-18-7-8-19-36(35)46-41(45(44)49)24-13-29-51-46)34-20-11-21-37-38-22-12-23-40(48(38)52-47(34)37)43-25-9-10-28-50-43/h1-30H. The monoisotopic (exact) mass is 678 g/mol. The summed E-state index contributed by atoms with van der Waals surface area (Å²) in [6.07, 6.45) is 3.81. The fourth-order valence-corrected chi connectivity index (χ4v) is 10.3. The lowest BCUT2D eigenvalue weighted by atomic mass is 9.66. The molecule has 3 aromatic heterocycles. The van der Waals surface area contributed by atoms with Crippen LogP contribution in [0.15, 0.2) is 182 Å². The molecule has 3 heterocycles. The van der Waals surface area contributed by atoms with Gasteiger partial charge in [-0.2, -0.15) is 0 Å². The van der Waals surface area contributed by atoms with Crippen molar-refractivity contribution in [2.24, 2.45) is 0 Å². The molecule has 0 amide bonds. The van der Waals surface area contributed by atoms with Crippen molar-refractivity contribution in [3.05, 3.63) is 205 Å². The Hall–Kier alpha value is -6.42. The van der Waals surface area contributed by atoms with Crippen LogP contribution in [-0.4, -0.2) is 9.97 Å². The molecule has 0 atom stereocenters. The lowest BCUT2D eigenvalue weighted by Crippen LogP contribution is -2.29. The van der Waals surface area contributed by atoms with Gasteiger partial charge in [0.25, 0.3) is 0 Å². The van der Waals surface area contributed by atoms with Crippen molar-refractivity contribution in [3.63, 3.8) is 0 Å². The summed E-state index contributed by atoms with van der Waals surface area (Å²) in [6.45, 7) is 0. The van der Waals surface area contributed by atoms with Gasteiger partial charge in [0.05, 0.1) is 16.6 Å². The Labute approximate surface area is 305 Å². The number of pyridine rings is 2. The number of benzene rings is 7. The lowest BCUT2D eigenvalue weighted by Gasteiger charge is -2.35. The van der Waals surface area contributed by atoms with Crippen molar-refractivity contribution < 1.29 is 0 Å². The van der Waals surface area contributed by atoms with Crippen LogP contribution in [0.2, 0.25) is 0 Å². The molecule has 0 aliphatic heterocycles. The molecule has 0 bridgehead atoms. The number of hydrogen-bond donors (Lipinski definition) is 0. The van der Waals surface area contributed by atoms with Crippen LogP contribution in [0.4, 0.5) is 0 Å². The molecule has 0 saturated carbocycles. The molecule has 1 aliphatic carbocycles. The van der Waals surface area contributed by atoms with Crippen LogP contribution in [-0.2, 0) is 5.41 Å². The highest BCUT2D eigenvalue weighted by Gasteiger charge is 2.48. The fraction of sp³-hybridized carbons (Fsp3) is 0.0204. The van der Waals surface area contributed by atoms with Crippen LogP contribution in [0.1, 0.15) is 22.3 Å². The van der Waals surface area contributed by atoms with E-state index in [4.69, 9.17) is 9.97 Å². The maximum atomic E-state index is 5.05. The summed E-state index contributed by atoms with van der Waals surface area (Å²) in [7, 11) is 0. The third-order valence-electron chi connectivity index (χ3n) is 11.0. The molecule has 11 rings (SSSR count). The van der Waals surface area contributed by atoms with Gasteiger partial charge in [0.1, 0.15) is 0 Å². The van der Waals surface area contributed by atoms with Gasteiger partial charge in [-0.05, 0) is 74.2 Å². The minimum atomic E-state index is -0.575. The number of rotatable bonds is 4. The van der Waals surface area contributed by atoms with E-state index >= 15 is 0 Å². The summed E-state index contributed by atoms with van der Waals surface area (Å²) >= 11 is 1.87. The number of fused-ring (bicyclic) bond motifs is 11. The average Bonchev–Trinajstić information content (AvgIpc) is 3.76. The van der Waals surface area contributed by atoms with Gasteiger partial charge in [0, 0.05) is 48.9 Å². The van der Waals surface area contributed by atoms with E-state index in [9.17, 15) is 0 Å². The molecule has 3 heteroatoms. The Balaban J connectivity index is 1.26. The van der Waals surface area contributed by atoms with Crippen LogP contribution < -0.4 is 0 Å². The van der Waals surface area contributed by atoms with E-state index < -0.39 is 5.41 Å². The molecule has 2 nitrogen and oxygen atoms in total. The quantitative estimate of drug-likeness (QED) is 0.173. The highest BCUT2D eigenvalue weighted by molar-refractivity contribution is 7.26. The highest BCUT2D eigenvalue weighted by Crippen LogP contribution is 2.60. The van der Waals surface area contributed by atoms with E-state index in [0.29, 0.717) is 0 Å². The Morgan fingerprint density at radius 2 is 1.04 bits per heavy atom. The minimum Gasteiger partial charge on any atom is -0.256 e. The predicted molar refractivity (Wildman–Crippen MR) is 218 cm³/mol. The molecule has 0 unspecified atom stereocenters. The van der Waals surface area contributed by atoms with E-state index in [1.165, 1.54) is 86.4 Å². The van der Waals surface area contributed by atoms with E-state index in [1.807, 2.05) is 29.8 Å². The number of thiophene rings is 1. The Morgan fingerprint density at radius 3 is 1.77 bits per heavy atom. The molecule has 7 aromatic carbocycles. The molecule has 1 aliphatic rings. The van der Waals surface area contributed by atoms with Gasteiger partial charge in [0.2, 0.25) is 0 Å². The second kappa shape index (κ2) is 11.3. The molecular weight excluding hydrogens is 649 g/mol. The zero-order valence-electron chi connectivity index (χ0n) is 28.1. The third-order valence-corrected chi connectivity index (χ3v) is 12.3.